The van der Waals surface area contributed by atoms with Gasteiger partial charge in [0.2, 0.25) is 5.60 Å². The number of aryl methyl sites for hydroxylation is 2. The van der Waals surface area contributed by atoms with Crippen molar-refractivity contribution in [2.45, 2.75) is 19.4 Å². The molecule has 3 heteroatoms. The number of hydrogen-bond acceptors (Lipinski definition) is 2. The van der Waals surface area contributed by atoms with E-state index in [9.17, 15) is 9.90 Å². The van der Waals surface area contributed by atoms with Crippen LogP contribution in [0.5, 0.6) is 0 Å². The van der Waals surface area contributed by atoms with E-state index < -0.39 is 11.6 Å². The molecule has 0 aliphatic carbocycles. The van der Waals surface area contributed by atoms with Gasteiger partial charge in [0.1, 0.15) is 0 Å². The summed E-state index contributed by atoms with van der Waals surface area (Å²) in [6.07, 6.45) is 0. The number of ether oxygens (including phenoxy) is 1. The van der Waals surface area contributed by atoms with Crippen molar-refractivity contribution in [3.63, 3.8) is 0 Å². The second-order valence-corrected chi connectivity index (χ2v) is 4.82. The van der Waals surface area contributed by atoms with Gasteiger partial charge >= 0.3 is 5.97 Å². The lowest BCUT2D eigenvalue weighted by Crippen LogP contribution is -2.40. The van der Waals surface area contributed by atoms with Crippen molar-refractivity contribution in [2.75, 3.05) is 7.11 Å². The molecule has 0 saturated carbocycles. The van der Waals surface area contributed by atoms with Crippen LogP contribution >= 0.6 is 0 Å². The molecule has 0 saturated heterocycles. The number of methoxy groups -OCH3 is 1. The molecule has 0 spiro atoms. The molecule has 0 atom stereocenters. The molecule has 0 radical (unpaired) electrons. The SMILES string of the molecule is COC(C(=O)O)(c1ccccc1C)c1ccccc1C. The maximum atomic E-state index is 12.0. The number of hydrogen-bond donors (Lipinski definition) is 1. The number of benzene rings is 2. The predicted octanol–water partition coefficient (Wildman–Crippen LogP) is 3.28. The Morgan fingerprint density at radius 2 is 1.35 bits per heavy atom. The largest absolute Gasteiger partial charge is 0.479 e. The topological polar surface area (TPSA) is 46.5 Å². The van der Waals surface area contributed by atoms with Crippen LogP contribution in [0.3, 0.4) is 0 Å². The summed E-state index contributed by atoms with van der Waals surface area (Å²) in [5.74, 6) is -1.01. The molecule has 3 nitrogen and oxygen atoms in total. The van der Waals surface area contributed by atoms with Crippen LogP contribution in [0.1, 0.15) is 22.3 Å². The third kappa shape index (κ3) is 2.10. The van der Waals surface area contributed by atoms with Crippen LogP contribution in [0.4, 0.5) is 0 Å². The summed E-state index contributed by atoms with van der Waals surface area (Å²) in [5.41, 5.74) is 1.62. The first-order valence-corrected chi connectivity index (χ1v) is 6.44. The molecule has 0 aliphatic rings. The fourth-order valence-electron chi connectivity index (χ4n) is 2.62. The second kappa shape index (κ2) is 5.47. The fraction of sp³-hybridized carbons (Fsp3) is 0.235. The van der Waals surface area contributed by atoms with Gasteiger partial charge in [-0.1, -0.05) is 48.5 Å². The molecule has 0 aromatic heterocycles. The molecule has 2 aromatic carbocycles. The summed E-state index contributed by atoms with van der Waals surface area (Å²) in [4.78, 5) is 12.0. The van der Waals surface area contributed by atoms with E-state index in [2.05, 4.69) is 0 Å². The Balaban J connectivity index is 2.80. The van der Waals surface area contributed by atoms with Gasteiger partial charge in [-0.2, -0.15) is 0 Å². The second-order valence-electron chi connectivity index (χ2n) is 4.82. The molecule has 2 rings (SSSR count). The van der Waals surface area contributed by atoms with E-state index in [0.717, 1.165) is 11.1 Å². The van der Waals surface area contributed by atoms with Crippen molar-refractivity contribution in [1.82, 2.24) is 0 Å². The van der Waals surface area contributed by atoms with Crippen molar-refractivity contribution in [3.8, 4) is 0 Å². The Kier molecular flexibility index (Phi) is 3.91. The van der Waals surface area contributed by atoms with E-state index in [1.54, 1.807) is 12.1 Å². The summed E-state index contributed by atoms with van der Waals surface area (Å²) in [6, 6.07) is 14.8. The third-order valence-electron chi connectivity index (χ3n) is 3.66. The van der Waals surface area contributed by atoms with E-state index in [-0.39, 0.29) is 0 Å². The van der Waals surface area contributed by atoms with Crippen LogP contribution in [-0.4, -0.2) is 18.2 Å². The third-order valence-corrected chi connectivity index (χ3v) is 3.66. The van der Waals surface area contributed by atoms with Crippen LogP contribution in [0.15, 0.2) is 48.5 Å². The number of carboxylic acids is 1. The quantitative estimate of drug-likeness (QED) is 0.927. The minimum atomic E-state index is -1.48. The molecule has 0 aliphatic heterocycles. The van der Waals surface area contributed by atoms with Crippen LogP contribution < -0.4 is 0 Å². The summed E-state index contributed by atoms with van der Waals surface area (Å²) < 4.78 is 5.53. The molecule has 2 aromatic rings. The van der Waals surface area contributed by atoms with Crippen molar-refractivity contribution in [1.29, 1.82) is 0 Å². The van der Waals surface area contributed by atoms with Gasteiger partial charge in [0.15, 0.2) is 0 Å². The minimum absolute atomic E-state index is 0.657. The van der Waals surface area contributed by atoms with E-state index in [1.807, 2.05) is 50.2 Å². The van der Waals surface area contributed by atoms with E-state index in [1.165, 1.54) is 7.11 Å². The van der Waals surface area contributed by atoms with Crippen molar-refractivity contribution < 1.29 is 14.6 Å². The minimum Gasteiger partial charge on any atom is -0.479 e. The molecule has 0 unspecified atom stereocenters. The van der Waals surface area contributed by atoms with Gasteiger partial charge < -0.3 is 9.84 Å². The van der Waals surface area contributed by atoms with Crippen LogP contribution in [0.25, 0.3) is 0 Å². The van der Waals surface area contributed by atoms with Crippen molar-refractivity contribution >= 4 is 5.97 Å². The molecular formula is C17H18O3. The van der Waals surface area contributed by atoms with Gasteiger partial charge in [-0.25, -0.2) is 4.79 Å². The van der Waals surface area contributed by atoms with Gasteiger partial charge in [-0.3, -0.25) is 0 Å². The van der Waals surface area contributed by atoms with E-state index >= 15 is 0 Å². The van der Waals surface area contributed by atoms with Crippen molar-refractivity contribution in [2.24, 2.45) is 0 Å². The Morgan fingerprint density at radius 1 is 0.950 bits per heavy atom. The highest BCUT2D eigenvalue weighted by molar-refractivity contribution is 5.85. The highest BCUT2D eigenvalue weighted by atomic mass is 16.5. The predicted molar refractivity (Wildman–Crippen MR) is 77.8 cm³/mol. The molecule has 0 bridgehead atoms. The molecule has 0 amide bonds. The molecule has 0 fully saturated rings. The normalized spacial score (nSPS) is 11.3. The standard InChI is InChI=1S/C17H18O3/c1-12-8-4-6-10-14(12)17(20-3,16(18)19)15-11-7-5-9-13(15)2/h4-11H,1-3H3,(H,18,19). The zero-order valence-electron chi connectivity index (χ0n) is 11.9. The monoisotopic (exact) mass is 270 g/mol. The molecule has 1 N–H and O–H groups in total. The first-order valence-electron chi connectivity index (χ1n) is 6.44. The zero-order chi connectivity index (χ0) is 14.8. The maximum absolute atomic E-state index is 12.0. The summed E-state index contributed by atoms with van der Waals surface area (Å²) in [5, 5.41) is 9.85. The first-order chi connectivity index (χ1) is 9.54. The highest BCUT2D eigenvalue weighted by Crippen LogP contribution is 2.37. The smallest absolute Gasteiger partial charge is 0.345 e. The number of carbonyl (C=O) groups is 1. The van der Waals surface area contributed by atoms with Crippen molar-refractivity contribution in [3.05, 3.63) is 70.8 Å². The Morgan fingerprint density at radius 3 is 1.65 bits per heavy atom. The summed E-state index contributed by atoms with van der Waals surface area (Å²) in [6.45, 7) is 3.79. The van der Waals surface area contributed by atoms with Gasteiger partial charge in [-0.05, 0) is 25.0 Å². The summed E-state index contributed by atoms with van der Waals surface area (Å²) >= 11 is 0. The number of aliphatic carboxylic acids is 1. The lowest BCUT2D eigenvalue weighted by Gasteiger charge is -2.31. The number of rotatable bonds is 4. The van der Waals surface area contributed by atoms with Gasteiger partial charge in [-0.15, -0.1) is 0 Å². The maximum Gasteiger partial charge on any atom is 0.345 e. The molecule has 20 heavy (non-hydrogen) atoms. The first kappa shape index (κ1) is 14.3. The van der Waals surface area contributed by atoms with Crippen LogP contribution in [0.2, 0.25) is 0 Å². The molecular weight excluding hydrogens is 252 g/mol. The molecule has 104 valence electrons. The average Bonchev–Trinajstić information content (AvgIpc) is 2.43. The molecule has 0 heterocycles. The zero-order valence-corrected chi connectivity index (χ0v) is 11.9. The Bertz CT molecular complexity index is 586. The highest BCUT2D eigenvalue weighted by Gasteiger charge is 2.44. The lowest BCUT2D eigenvalue weighted by atomic mass is 9.81. The number of carboxylic acid groups (broad SMARTS) is 1. The van der Waals surface area contributed by atoms with Gasteiger partial charge in [0.25, 0.3) is 0 Å². The van der Waals surface area contributed by atoms with Gasteiger partial charge in [0, 0.05) is 18.2 Å². The average molecular weight is 270 g/mol. The van der Waals surface area contributed by atoms with E-state index in [0.29, 0.717) is 11.1 Å². The van der Waals surface area contributed by atoms with Crippen LogP contribution in [-0.2, 0) is 15.1 Å². The van der Waals surface area contributed by atoms with E-state index in [4.69, 9.17) is 4.74 Å². The van der Waals surface area contributed by atoms with Crippen LogP contribution in [0, 0.1) is 13.8 Å². The fourth-order valence-corrected chi connectivity index (χ4v) is 2.62. The Labute approximate surface area is 118 Å². The van der Waals surface area contributed by atoms with Gasteiger partial charge in [0.05, 0.1) is 0 Å². The Hall–Kier alpha value is -2.13. The summed E-state index contributed by atoms with van der Waals surface area (Å²) in [7, 11) is 1.44. The lowest BCUT2D eigenvalue weighted by molar-refractivity contribution is -0.158.